The molecular formula is C22H22N2O4S. The van der Waals surface area contributed by atoms with E-state index in [1.165, 1.54) is 12.1 Å². The molecule has 0 aromatic heterocycles. The summed E-state index contributed by atoms with van der Waals surface area (Å²) in [6, 6.07) is 23.4. The Kier molecular flexibility index (Phi) is 6.64. The van der Waals surface area contributed by atoms with E-state index in [-0.39, 0.29) is 17.1 Å². The van der Waals surface area contributed by atoms with Crippen molar-refractivity contribution in [3.05, 3.63) is 96.1 Å². The summed E-state index contributed by atoms with van der Waals surface area (Å²) in [5, 5.41) is 12.4. The van der Waals surface area contributed by atoms with Crippen molar-refractivity contribution in [1.82, 2.24) is 5.32 Å². The van der Waals surface area contributed by atoms with Gasteiger partial charge >= 0.3 is 0 Å². The molecule has 0 radical (unpaired) electrons. The van der Waals surface area contributed by atoms with Crippen LogP contribution in [0.4, 0.5) is 5.69 Å². The number of carbonyl (C=O) groups is 1. The molecule has 0 saturated heterocycles. The van der Waals surface area contributed by atoms with Gasteiger partial charge in [0.15, 0.2) is 0 Å². The number of carbonyl (C=O) groups excluding carboxylic acids is 1. The number of aliphatic hydroxyl groups is 1. The summed E-state index contributed by atoms with van der Waals surface area (Å²) in [6.45, 7) is -0.266. The molecule has 0 aliphatic rings. The number of benzene rings is 3. The molecule has 29 heavy (non-hydrogen) atoms. The molecule has 3 aromatic rings. The van der Waals surface area contributed by atoms with Gasteiger partial charge in [-0.05, 0) is 36.2 Å². The van der Waals surface area contributed by atoms with E-state index in [1.54, 1.807) is 42.5 Å². The molecule has 0 bridgehead atoms. The van der Waals surface area contributed by atoms with Gasteiger partial charge in [-0.25, -0.2) is 8.42 Å². The third-order valence-corrected chi connectivity index (χ3v) is 5.77. The van der Waals surface area contributed by atoms with Crippen molar-refractivity contribution in [2.75, 3.05) is 11.3 Å². The second-order valence-corrected chi connectivity index (χ2v) is 8.16. The molecule has 3 N–H and O–H groups in total. The van der Waals surface area contributed by atoms with Crippen LogP contribution in [0.2, 0.25) is 0 Å². The monoisotopic (exact) mass is 410 g/mol. The predicted octanol–water partition coefficient (Wildman–Crippen LogP) is 2.82. The Bertz CT molecular complexity index is 1050. The number of rotatable bonds is 8. The summed E-state index contributed by atoms with van der Waals surface area (Å²) in [5.74, 6) is -0.561. The van der Waals surface area contributed by atoms with Crippen LogP contribution in [0.1, 0.15) is 15.9 Å². The number of amides is 1. The van der Waals surface area contributed by atoms with Gasteiger partial charge in [-0.2, -0.15) is 0 Å². The minimum Gasteiger partial charge on any atom is -0.394 e. The van der Waals surface area contributed by atoms with E-state index in [4.69, 9.17) is 0 Å². The first-order chi connectivity index (χ1) is 14.0. The Morgan fingerprint density at radius 1 is 0.862 bits per heavy atom. The first-order valence-corrected chi connectivity index (χ1v) is 10.6. The number of hydrogen-bond acceptors (Lipinski definition) is 4. The fraction of sp³-hybridized carbons (Fsp3) is 0.136. The quantitative estimate of drug-likeness (QED) is 0.532. The van der Waals surface area contributed by atoms with Gasteiger partial charge in [-0.3, -0.25) is 9.52 Å². The second-order valence-electron chi connectivity index (χ2n) is 6.51. The lowest BCUT2D eigenvalue weighted by atomic mass is 10.1. The third kappa shape index (κ3) is 5.43. The second kappa shape index (κ2) is 9.36. The zero-order valence-electron chi connectivity index (χ0n) is 15.7. The van der Waals surface area contributed by atoms with Crippen molar-refractivity contribution >= 4 is 21.6 Å². The summed E-state index contributed by atoms with van der Waals surface area (Å²) in [4.78, 5) is 12.7. The molecule has 3 aromatic carbocycles. The largest absolute Gasteiger partial charge is 0.394 e. The van der Waals surface area contributed by atoms with Gasteiger partial charge in [-0.15, -0.1) is 0 Å². The molecule has 3 rings (SSSR count). The average Bonchev–Trinajstić information content (AvgIpc) is 2.74. The molecule has 0 unspecified atom stereocenters. The number of nitrogens with one attached hydrogen (secondary N) is 2. The van der Waals surface area contributed by atoms with Crippen LogP contribution in [0.15, 0.2) is 89.8 Å². The zero-order chi connectivity index (χ0) is 20.7. The maximum Gasteiger partial charge on any atom is 0.262 e. The highest BCUT2D eigenvalue weighted by molar-refractivity contribution is 7.92. The molecule has 150 valence electrons. The average molecular weight is 410 g/mol. The minimum atomic E-state index is -3.96. The third-order valence-electron chi connectivity index (χ3n) is 4.33. The van der Waals surface area contributed by atoms with E-state index in [2.05, 4.69) is 10.0 Å². The topological polar surface area (TPSA) is 95.5 Å². The number of para-hydroxylation sites is 1. The molecule has 0 aliphatic carbocycles. The lowest BCUT2D eigenvalue weighted by Gasteiger charge is -2.18. The van der Waals surface area contributed by atoms with Crippen molar-refractivity contribution in [2.45, 2.75) is 17.4 Å². The molecule has 0 fully saturated rings. The predicted molar refractivity (Wildman–Crippen MR) is 112 cm³/mol. The smallest absolute Gasteiger partial charge is 0.262 e. The molecule has 1 atom stereocenters. The van der Waals surface area contributed by atoms with Gasteiger partial charge in [0.1, 0.15) is 4.90 Å². The van der Waals surface area contributed by atoms with Gasteiger partial charge in [-0.1, -0.05) is 60.7 Å². The Morgan fingerprint density at radius 2 is 1.45 bits per heavy atom. The van der Waals surface area contributed by atoms with Gasteiger partial charge < -0.3 is 10.4 Å². The van der Waals surface area contributed by atoms with E-state index in [9.17, 15) is 18.3 Å². The van der Waals surface area contributed by atoms with Crippen molar-refractivity contribution in [1.29, 1.82) is 0 Å². The fourth-order valence-corrected chi connectivity index (χ4v) is 4.19. The highest BCUT2D eigenvalue weighted by Crippen LogP contribution is 2.20. The lowest BCUT2D eigenvalue weighted by molar-refractivity contribution is 0.0913. The summed E-state index contributed by atoms with van der Waals surface area (Å²) in [7, 11) is -3.96. The van der Waals surface area contributed by atoms with E-state index < -0.39 is 22.0 Å². The van der Waals surface area contributed by atoms with Crippen LogP contribution in [0.25, 0.3) is 0 Å². The highest BCUT2D eigenvalue weighted by atomic mass is 32.2. The van der Waals surface area contributed by atoms with E-state index in [0.29, 0.717) is 12.1 Å². The van der Waals surface area contributed by atoms with E-state index >= 15 is 0 Å². The van der Waals surface area contributed by atoms with Gasteiger partial charge in [0, 0.05) is 5.69 Å². The maximum atomic E-state index is 12.8. The standard InChI is InChI=1S/C22H22N2O4S/c25-16-19(15-17-9-3-1-4-10-17)23-22(26)20-13-7-8-14-21(20)29(27,28)24-18-11-5-2-6-12-18/h1-14,19,24-25H,15-16H2,(H,23,26)/t19-/m0/s1. The zero-order valence-corrected chi connectivity index (χ0v) is 16.5. The van der Waals surface area contributed by atoms with E-state index in [1.807, 2.05) is 30.3 Å². The minimum absolute atomic E-state index is 0.0162. The Hall–Kier alpha value is -3.16. The summed E-state index contributed by atoms with van der Waals surface area (Å²) in [5.41, 5.74) is 1.38. The molecule has 0 spiro atoms. The SMILES string of the molecule is O=C(N[C@H](CO)Cc1ccccc1)c1ccccc1S(=O)(=O)Nc1ccccc1. The Balaban J connectivity index is 1.81. The van der Waals surface area contributed by atoms with Crippen LogP contribution >= 0.6 is 0 Å². The maximum absolute atomic E-state index is 12.8. The van der Waals surface area contributed by atoms with Crippen LogP contribution in [0, 0.1) is 0 Å². The lowest BCUT2D eigenvalue weighted by Crippen LogP contribution is -2.39. The summed E-state index contributed by atoms with van der Waals surface area (Å²) in [6.07, 6.45) is 0.431. The van der Waals surface area contributed by atoms with Gasteiger partial charge in [0.25, 0.3) is 15.9 Å². The summed E-state index contributed by atoms with van der Waals surface area (Å²) < 4.78 is 28.1. The van der Waals surface area contributed by atoms with Crippen LogP contribution in [-0.4, -0.2) is 32.1 Å². The van der Waals surface area contributed by atoms with E-state index in [0.717, 1.165) is 5.56 Å². The van der Waals surface area contributed by atoms with Crippen LogP contribution in [0.3, 0.4) is 0 Å². The first kappa shape index (κ1) is 20.6. The molecule has 0 heterocycles. The number of aliphatic hydroxyl groups excluding tert-OH is 1. The first-order valence-electron chi connectivity index (χ1n) is 9.12. The number of hydrogen-bond donors (Lipinski definition) is 3. The van der Waals surface area contributed by atoms with Crippen molar-refractivity contribution in [3.8, 4) is 0 Å². The highest BCUT2D eigenvalue weighted by Gasteiger charge is 2.23. The fourth-order valence-electron chi connectivity index (χ4n) is 2.93. The van der Waals surface area contributed by atoms with Crippen molar-refractivity contribution < 1.29 is 18.3 Å². The Morgan fingerprint density at radius 3 is 2.10 bits per heavy atom. The molecule has 1 amide bonds. The molecule has 7 heteroatoms. The molecule has 0 saturated carbocycles. The van der Waals surface area contributed by atoms with Crippen LogP contribution in [0.5, 0.6) is 0 Å². The van der Waals surface area contributed by atoms with Gasteiger partial charge in [0.2, 0.25) is 0 Å². The molecule has 0 aliphatic heterocycles. The summed E-state index contributed by atoms with van der Waals surface area (Å²) >= 11 is 0. The number of anilines is 1. The van der Waals surface area contributed by atoms with Crippen LogP contribution in [-0.2, 0) is 16.4 Å². The Labute approximate surface area is 170 Å². The van der Waals surface area contributed by atoms with Crippen LogP contribution < -0.4 is 10.0 Å². The van der Waals surface area contributed by atoms with Gasteiger partial charge in [0.05, 0.1) is 18.2 Å². The number of sulfonamides is 1. The molecule has 6 nitrogen and oxygen atoms in total. The van der Waals surface area contributed by atoms with Crippen molar-refractivity contribution in [2.24, 2.45) is 0 Å². The normalized spacial score (nSPS) is 12.2. The molecular weight excluding hydrogens is 388 g/mol. The van der Waals surface area contributed by atoms with Crippen molar-refractivity contribution in [3.63, 3.8) is 0 Å².